The van der Waals surface area contributed by atoms with Crippen LogP contribution in [0.1, 0.15) is 38.2 Å². The number of pyridine rings is 1. The molecular formula is C20H23ClN4O2. The number of ether oxygens (including phenoxy) is 1. The van der Waals surface area contributed by atoms with Crippen LogP contribution in [-0.2, 0) is 9.53 Å². The topological polar surface area (TPSA) is 101 Å². The third kappa shape index (κ3) is 3.91. The Kier molecular flexibility index (Phi) is 5.66. The van der Waals surface area contributed by atoms with E-state index in [-0.39, 0.29) is 17.8 Å². The second kappa shape index (κ2) is 7.81. The zero-order chi connectivity index (χ0) is 19.6. The molecule has 6 nitrogen and oxygen atoms in total. The van der Waals surface area contributed by atoms with E-state index in [1.807, 2.05) is 0 Å². The molecule has 1 aromatic heterocycles. The quantitative estimate of drug-likeness (QED) is 0.754. The van der Waals surface area contributed by atoms with E-state index in [0.717, 1.165) is 5.70 Å². The monoisotopic (exact) mass is 386 g/mol. The maximum absolute atomic E-state index is 13.0. The Hall–Kier alpha value is -2.20. The summed E-state index contributed by atoms with van der Waals surface area (Å²) < 4.78 is 5.58. The summed E-state index contributed by atoms with van der Waals surface area (Å²) in [5, 5.41) is 13.6. The number of hydrogen-bond acceptors (Lipinski definition) is 6. The molecule has 2 aliphatic rings. The first-order valence-electron chi connectivity index (χ1n) is 8.91. The molecule has 0 aromatic carbocycles. The average molecular weight is 387 g/mol. The van der Waals surface area contributed by atoms with Crippen molar-refractivity contribution >= 4 is 17.4 Å². The fraction of sp³-hybridized carbons (Fsp3) is 0.450. The van der Waals surface area contributed by atoms with Gasteiger partial charge in [-0.2, -0.15) is 5.26 Å². The van der Waals surface area contributed by atoms with Crippen molar-refractivity contribution in [2.45, 2.75) is 32.6 Å². The van der Waals surface area contributed by atoms with E-state index in [0.29, 0.717) is 53.4 Å². The number of halogens is 1. The highest BCUT2D eigenvalue weighted by Crippen LogP contribution is 2.47. The SMILES string of the molecule is CC1(C)CC(=O)C2=C(C1)NC(COCCN)=C(C#N)C2c1ccncc1Cl. The maximum Gasteiger partial charge on any atom is 0.162 e. The minimum atomic E-state index is -0.512. The summed E-state index contributed by atoms with van der Waals surface area (Å²) in [5.74, 6) is -0.469. The zero-order valence-corrected chi connectivity index (χ0v) is 16.3. The van der Waals surface area contributed by atoms with Crippen LogP contribution in [0.15, 0.2) is 41.0 Å². The number of Topliss-reactive ketones (excluding diaryl/α,β-unsaturated/α-hetero) is 1. The van der Waals surface area contributed by atoms with Gasteiger partial charge in [-0.15, -0.1) is 0 Å². The molecule has 0 amide bonds. The number of nitrogens with zero attached hydrogens (tertiary/aromatic N) is 2. The molecule has 1 atom stereocenters. The second-order valence-electron chi connectivity index (χ2n) is 7.63. The van der Waals surface area contributed by atoms with Crippen molar-refractivity contribution in [2.24, 2.45) is 11.1 Å². The van der Waals surface area contributed by atoms with Crippen LogP contribution in [-0.4, -0.2) is 30.5 Å². The van der Waals surface area contributed by atoms with Gasteiger partial charge in [-0.25, -0.2) is 0 Å². The molecule has 3 rings (SSSR count). The van der Waals surface area contributed by atoms with E-state index in [1.54, 1.807) is 12.3 Å². The lowest BCUT2D eigenvalue weighted by atomic mass is 9.69. The Morgan fingerprint density at radius 3 is 2.93 bits per heavy atom. The molecule has 1 aliphatic heterocycles. The van der Waals surface area contributed by atoms with E-state index in [2.05, 4.69) is 30.2 Å². The largest absolute Gasteiger partial charge is 0.374 e. The highest BCUT2D eigenvalue weighted by Gasteiger charge is 2.42. The summed E-state index contributed by atoms with van der Waals surface area (Å²) in [4.78, 5) is 17.1. The fourth-order valence-corrected chi connectivity index (χ4v) is 4.01. The van der Waals surface area contributed by atoms with Crippen LogP contribution >= 0.6 is 11.6 Å². The van der Waals surface area contributed by atoms with Gasteiger partial charge in [0.05, 0.1) is 41.5 Å². The molecule has 0 bridgehead atoms. The third-order valence-corrected chi connectivity index (χ3v) is 5.18. The number of carbonyl (C=O) groups excluding carboxylic acids is 1. The van der Waals surface area contributed by atoms with Crippen molar-refractivity contribution in [3.05, 3.63) is 51.6 Å². The summed E-state index contributed by atoms with van der Waals surface area (Å²) in [5.41, 5.74) is 8.65. The molecule has 1 unspecified atom stereocenters. The molecule has 0 spiro atoms. The number of carbonyl (C=O) groups is 1. The molecule has 0 saturated carbocycles. The minimum Gasteiger partial charge on any atom is -0.374 e. The van der Waals surface area contributed by atoms with Crippen molar-refractivity contribution in [3.63, 3.8) is 0 Å². The van der Waals surface area contributed by atoms with Crippen molar-refractivity contribution < 1.29 is 9.53 Å². The number of nitrogens with two attached hydrogens (primary N) is 1. The second-order valence-corrected chi connectivity index (χ2v) is 8.04. The number of allylic oxidation sites excluding steroid dienone is 3. The Bertz CT molecular complexity index is 867. The normalized spacial score (nSPS) is 21.6. The molecule has 27 heavy (non-hydrogen) atoms. The van der Waals surface area contributed by atoms with Gasteiger partial charge >= 0.3 is 0 Å². The molecule has 1 aromatic rings. The van der Waals surface area contributed by atoms with Crippen LogP contribution in [0.25, 0.3) is 0 Å². The first kappa shape index (κ1) is 19.6. The molecule has 142 valence electrons. The number of nitriles is 1. The van der Waals surface area contributed by atoms with Crippen LogP contribution in [0.5, 0.6) is 0 Å². The van der Waals surface area contributed by atoms with Crippen LogP contribution in [0, 0.1) is 16.7 Å². The van der Waals surface area contributed by atoms with Gasteiger partial charge in [0.15, 0.2) is 5.78 Å². The van der Waals surface area contributed by atoms with Gasteiger partial charge in [-0.05, 0) is 23.5 Å². The van der Waals surface area contributed by atoms with Gasteiger partial charge in [0.2, 0.25) is 0 Å². The molecule has 0 radical (unpaired) electrons. The molecule has 2 heterocycles. The maximum atomic E-state index is 13.0. The summed E-state index contributed by atoms with van der Waals surface area (Å²) in [6, 6.07) is 4.04. The zero-order valence-electron chi connectivity index (χ0n) is 15.5. The number of ketones is 1. The predicted octanol–water partition coefficient (Wildman–Crippen LogP) is 2.82. The van der Waals surface area contributed by atoms with Gasteiger partial charge in [0.1, 0.15) is 0 Å². The smallest absolute Gasteiger partial charge is 0.162 e. The van der Waals surface area contributed by atoms with E-state index < -0.39 is 5.92 Å². The number of hydrogen-bond donors (Lipinski definition) is 2. The average Bonchev–Trinajstić information content (AvgIpc) is 2.60. The Morgan fingerprint density at radius 2 is 2.26 bits per heavy atom. The van der Waals surface area contributed by atoms with E-state index in [9.17, 15) is 10.1 Å². The van der Waals surface area contributed by atoms with Crippen LogP contribution in [0.2, 0.25) is 5.02 Å². The van der Waals surface area contributed by atoms with Crippen LogP contribution in [0.3, 0.4) is 0 Å². The summed E-state index contributed by atoms with van der Waals surface area (Å²) >= 11 is 6.39. The van der Waals surface area contributed by atoms with Gasteiger partial charge in [-0.3, -0.25) is 9.78 Å². The molecule has 1 aliphatic carbocycles. The third-order valence-electron chi connectivity index (χ3n) is 4.87. The first-order chi connectivity index (χ1) is 12.9. The number of aromatic nitrogens is 1. The van der Waals surface area contributed by atoms with Gasteiger partial charge in [-0.1, -0.05) is 25.4 Å². The Labute approximate surface area is 164 Å². The van der Waals surface area contributed by atoms with E-state index in [4.69, 9.17) is 22.1 Å². The molecule has 3 N–H and O–H groups in total. The van der Waals surface area contributed by atoms with Crippen molar-refractivity contribution in [1.29, 1.82) is 5.26 Å². The molecule has 0 fully saturated rings. The first-order valence-corrected chi connectivity index (χ1v) is 9.29. The Balaban J connectivity index is 2.14. The van der Waals surface area contributed by atoms with Crippen LogP contribution < -0.4 is 11.1 Å². The lowest BCUT2D eigenvalue weighted by molar-refractivity contribution is -0.118. The lowest BCUT2D eigenvalue weighted by Gasteiger charge is -2.39. The predicted molar refractivity (Wildman–Crippen MR) is 103 cm³/mol. The Morgan fingerprint density at radius 1 is 1.48 bits per heavy atom. The fourth-order valence-electron chi connectivity index (χ4n) is 3.78. The van der Waals surface area contributed by atoms with Crippen molar-refractivity contribution in [2.75, 3.05) is 19.8 Å². The highest BCUT2D eigenvalue weighted by atomic mass is 35.5. The molecular weight excluding hydrogens is 364 g/mol. The number of dihydropyridines is 1. The van der Waals surface area contributed by atoms with Crippen molar-refractivity contribution in [3.8, 4) is 6.07 Å². The molecule has 7 heteroatoms. The minimum absolute atomic E-state index is 0.0429. The van der Waals surface area contributed by atoms with Crippen molar-refractivity contribution in [1.82, 2.24) is 10.3 Å². The van der Waals surface area contributed by atoms with Gasteiger partial charge in [0.25, 0.3) is 0 Å². The summed E-state index contributed by atoms with van der Waals surface area (Å²) in [6.45, 7) is 5.15. The standard InChI is InChI=1S/C20H23ClN4O2/c1-20(2)7-15-19(17(26)8-20)18(12-3-5-24-10-14(12)21)13(9-23)16(25-15)11-27-6-4-22/h3,5,10,18,25H,4,6-8,11,22H2,1-2H3. The van der Waals surface area contributed by atoms with Crippen LogP contribution in [0.4, 0.5) is 0 Å². The summed E-state index contributed by atoms with van der Waals surface area (Å²) in [7, 11) is 0. The van der Waals surface area contributed by atoms with Gasteiger partial charge < -0.3 is 15.8 Å². The lowest BCUT2D eigenvalue weighted by Crippen LogP contribution is -2.38. The van der Waals surface area contributed by atoms with E-state index in [1.165, 1.54) is 6.20 Å². The summed E-state index contributed by atoms with van der Waals surface area (Å²) in [6.07, 6.45) is 4.31. The molecule has 0 saturated heterocycles. The number of nitrogens with one attached hydrogen (secondary N) is 1. The van der Waals surface area contributed by atoms with E-state index >= 15 is 0 Å². The number of rotatable bonds is 5. The van der Waals surface area contributed by atoms with Gasteiger partial charge in [0, 0.05) is 36.6 Å². The highest BCUT2D eigenvalue weighted by molar-refractivity contribution is 6.31.